The van der Waals surface area contributed by atoms with Gasteiger partial charge in [-0.15, -0.1) is 0 Å². The number of hydrogen-bond acceptors (Lipinski definition) is 2. The number of amides is 1. The van der Waals surface area contributed by atoms with E-state index in [1.165, 1.54) is 0 Å². The number of rotatable bonds is 5. The maximum Gasteiger partial charge on any atom is 0.220 e. The minimum atomic E-state index is 0.0772. The summed E-state index contributed by atoms with van der Waals surface area (Å²) in [6.07, 6.45) is 0.525. The molecule has 1 heterocycles. The van der Waals surface area contributed by atoms with Crippen LogP contribution in [0, 0.1) is 13.8 Å². The molecule has 0 aliphatic carbocycles. The van der Waals surface area contributed by atoms with Crippen molar-refractivity contribution < 1.29 is 4.79 Å². The number of carbonyl (C=O) groups is 1. The van der Waals surface area contributed by atoms with Crippen molar-refractivity contribution in [3.05, 3.63) is 17.5 Å². The first kappa shape index (κ1) is 12.2. The van der Waals surface area contributed by atoms with Gasteiger partial charge in [-0.2, -0.15) is 5.10 Å². The van der Waals surface area contributed by atoms with Crippen molar-refractivity contribution in [3.63, 3.8) is 0 Å². The lowest BCUT2D eigenvalue weighted by Crippen LogP contribution is -2.27. The van der Waals surface area contributed by atoms with Gasteiger partial charge in [0.2, 0.25) is 5.91 Å². The Morgan fingerprint density at radius 3 is 2.87 bits per heavy atom. The third-order valence-corrected chi connectivity index (χ3v) is 2.47. The lowest BCUT2D eigenvalue weighted by Gasteiger charge is -2.05. The van der Waals surface area contributed by atoms with Crippen LogP contribution >= 0.6 is 15.9 Å². The normalized spacial score (nSPS) is 10.3. The molecule has 1 aromatic heterocycles. The molecular weight excluding hydrogens is 258 g/mol. The SMILES string of the molecule is Cc1cc(C)n(CCNC(=O)CCBr)n1. The van der Waals surface area contributed by atoms with E-state index in [4.69, 9.17) is 0 Å². The molecule has 1 N–H and O–H groups in total. The summed E-state index contributed by atoms with van der Waals surface area (Å²) in [6, 6.07) is 2.03. The van der Waals surface area contributed by atoms with Gasteiger partial charge in [0, 0.05) is 24.0 Å². The van der Waals surface area contributed by atoms with Gasteiger partial charge in [-0.05, 0) is 19.9 Å². The molecule has 0 fully saturated rings. The van der Waals surface area contributed by atoms with E-state index in [2.05, 4.69) is 26.3 Å². The summed E-state index contributed by atoms with van der Waals surface area (Å²) in [5.41, 5.74) is 2.14. The summed E-state index contributed by atoms with van der Waals surface area (Å²) in [7, 11) is 0. The summed E-state index contributed by atoms with van der Waals surface area (Å²) in [6.45, 7) is 5.34. The van der Waals surface area contributed by atoms with Crippen LogP contribution in [0.15, 0.2) is 6.07 Å². The van der Waals surface area contributed by atoms with Gasteiger partial charge in [0.05, 0.1) is 12.2 Å². The summed E-state index contributed by atoms with van der Waals surface area (Å²) >= 11 is 3.22. The van der Waals surface area contributed by atoms with Gasteiger partial charge < -0.3 is 5.32 Å². The minimum Gasteiger partial charge on any atom is -0.354 e. The second-order valence-electron chi connectivity index (χ2n) is 3.44. The Bertz CT molecular complexity index is 335. The summed E-state index contributed by atoms with van der Waals surface area (Å²) in [5.74, 6) is 0.0772. The molecule has 15 heavy (non-hydrogen) atoms. The van der Waals surface area contributed by atoms with E-state index in [1.807, 2.05) is 24.6 Å². The minimum absolute atomic E-state index is 0.0772. The molecule has 1 aromatic rings. The van der Waals surface area contributed by atoms with Gasteiger partial charge >= 0.3 is 0 Å². The van der Waals surface area contributed by atoms with Crippen LogP contribution in [-0.2, 0) is 11.3 Å². The van der Waals surface area contributed by atoms with Gasteiger partial charge in [-0.25, -0.2) is 0 Å². The molecule has 5 heteroatoms. The molecule has 4 nitrogen and oxygen atoms in total. The summed E-state index contributed by atoms with van der Waals surface area (Å²) < 4.78 is 1.91. The zero-order valence-corrected chi connectivity index (χ0v) is 10.7. The highest BCUT2D eigenvalue weighted by Crippen LogP contribution is 2.00. The molecular formula is C10H16BrN3O. The van der Waals surface area contributed by atoms with Gasteiger partial charge in [-0.3, -0.25) is 9.48 Å². The molecule has 0 bridgehead atoms. The number of alkyl halides is 1. The molecule has 1 rings (SSSR count). The number of nitrogens with one attached hydrogen (secondary N) is 1. The van der Waals surface area contributed by atoms with Crippen molar-refractivity contribution >= 4 is 21.8 Å². The summed E-state index contributed by atoms with van der Waals surface area (Å²) in [4.78, 5) is 11.2. The van der Waals surface area contributed by atoms with Crippen molar-refractivity contribution in [2.75, 3.05) is 11.9 Å². The molecule has 1 amide bonds. The molecule has 0 spiro atoms. The second kappa shape index (κ2) is 5.90. The Hall–Kier alpha value is -0.840. The van der Waals surface area contributed by atoms with Crippen molar-refractivity contribution in [1.29, 1.82) is 0 Å². The average molecular weight is 274 g/mol. The highest BCUT2D eigenvalue weighted by molar-refractivity contribution is 9.09. The molecule has 0 aromatic carbocycles. The van der Waals surface area contributed by atoms with Crippen LogP contribution in [0.3, 0.4) is 0 Å². The van der Waals surface area contributed by atoms with Crippen LogP contribution in [0.1, 0.15) is 17.8 Å². The lowest BCUT2D eigenvalue weighted by atomic mass is 10.4. The molecule has 0 aliphatic rings. The smallest absolute Gasteiger partial charge is 0.220 e. The topological polar surface area (TPSA) is 46.9 Å². The number of carbonyl (C=O) groups excluding carboxylic acids is 1. The van der Waals surface area contributed by atoms with E-state index >= 15 is 0 Å². The maximum atomic E-state index is 11.2. The predicted molar refractivity (Wildman–Crippen MR) is 63.1 cm³/mol. The third kappa shape index (κ3) is 4.03. The molecule has 0 saturated carbocycles. The number of nitrogens with zero attached hydrogens (tertiary/aromatic N) is 2. The maximum absolute atomic E-state index is 11.2. The van der Waals surface area contributed by atoms with Crippen LogP contribution in [0.25, 0.3) is 0 Å². The number of halogens is 1. The van der Waals surface area contributed by atoms with Crippen LogP contribution in [-0.4, -0.2) is 27.6 Å². The Kier molecular flexibility index (Phi) is 4.81. The molecule has 0 unspecified atom stereocenters. The van der Waals surface area contributed by atoms with E-state index < -0.39 is 0 Å². The molecule has 0 atom stereocenters. The second-order valence-corrected chi connectivity index (χ2v) is 4.23. The highest BCUT2D eigenvalue weighted by Gasteiger charge is 2.02. The number of aryl methyl sites for hydroxylation is 2. The average Bonchev–Trinajstić information content (AvgIpc) is 2.46. The quantitative estimate of drug-likeness (QED) is 0.825. The number of hydrogen-bond donors (Lipinski definition) is 1. The monoisotopic (exact) mass is 273 g/mol. The fourth-order valence-electron chi connectivity index (χ4n) is 1.38. The van der Waals surface area contributed by atoms with Gasteiger partial charge in [0.15, 0.2) is 0 Å². The Labute approximate surface area is 98.2 Å². The van der Waals surface area contributed by atoms with E-state index in [-0.39, 0.29) is 5.91 Å². The fraction of sp³-hybridized carbons (Fsp3) is 0.600. The largest absolute Gasteiger partial charge is 0.354 e. The lowest BCUT2D eigenvalue weighted by molar-refractivity contribution is -0.120. The fourth-order valence-corrected chi connectivity index (χ4v) is 1.74. The predicted octanol–water partition coefficient (Wildman–Crippen LogP) is 1.40. The zero-order valence-electron chi connectivity index (χ0n) is 9.09. The van der Waals surface area contributed by atoms with Gasteiger partial charge in [0.25, 0.3) is 0 Å². The first-order valence-corrected chi connectivity index (χ1v) is 6.09. The van der Waals surface area contributed by atoms with E-state index in [0.29, 0.717) is 18.3 Å². The molecule has 0 aliphatic heterocycles. The summed E-state index contributed by atoms with van der Waals surface area (Å²) in [5, 5.41) is 7.86. The van der Waals surface area contributed by atoms with Gasteiger partial charge in [-0.1, -0.05) is 15.9 Å². The van der Waals surface area contributed by atoms with Crippen LogP contribution in [0.5, 0.6) is 0 Å². The van der Waals surface area contributed by atoms with Crippen LogP contribution < -0.4 is 5.32 Å². The van der Waals surface area contributed by atoms with Crippen molar-refractivity contribution in [3.8, 4) is 0 Å². The van der Waals surface area contributed by atoms with E-state index in [9.17, 15) is 4.79 Å². The third-order valence-electron chi connectivity index (χ3n) is 2.07. The van der Waals surface area contributed by atoms with Gasteiger partial charge in [0.1, 0.15) is 0 Å². The first-order valence-electron chi connectivity index (χ1n) is 4.97. The van der Waals surface area contributed by atoms with Crippen LogP contribution in [0.4, 0.5) is 0 Å². The van der Waals surface area contributed by atoms with E-state index in [1.54, 1.807) is 0 Å². The Morgan fingerprint density at radius 1 is 1.60 bits per heavy atom. The zero-order chi connectivity index (χ0) is 11.3. The molecule has 0 saturated heterocycles. The van der Waals surface area contributed by atoms with Crippen molar-refractivity contribution in [2.45, 2.75) is 26.8 Å². The molecule has 0 radical (unpaired) electrons. The van der Waals surface area contributed by atoms with Crippen LogP contribution in [0.2, 0.25) is 0 Å². The number of aromatic nitrogens is 2. The van der Waals surface area contributed by atoms with E-state index in [0.717, 1.165) is 17.9 Å². The Morgan fingerprint density at radius 2 is 2.33 bits per heavy atom. The van der Waals surface area contributed by atoms with Crippen molar-refractivity contribution in [1.82, 2.24) is 15.1 Å². The molecule has 84 valence electrons. The standard InChI is InChI=1S/C10H16BrN3O/c1-8-7-9(2)14(13-8)6-5-12-10(15)3-4-11/h7H,3-6H2,1-2H3,(H,12,15). The first-order chi connectivity index (χ1) is 7.13. The highest BCUT2D eigenvalue weighted by atomic mass is 79.9. The Balaban J connectivity index is 2.31. The van der Waals surface area contributed by atoms with Crippen molar-refractivity contribution in [2.24, 2.45) is 0 Å².